The minimum atomic E-state index is 0.567. The molecule has 6 aromatic rings. The van der Waals surface area contributed by atoms with Gasteiger partial charge in [0.05, 0.1) is 17.8 Å². The number of thioether (sulfide) groups is 1. The largest absolute Gasteiger partial charge is 0.493 e. The molecule has 2 aromatic heterocycles. The smallest absolute Gasteiger partial charge is 0.191 e. The van der Waals surface area contributed by atoms with Crippen LogP contribution in [-0.2, 0) is 12.8 Å². The molecule has 7 heteroatoms. The quantitative estimate of drug-likeness (QED) is 0.171. The molecule has 0 bridgehead atoms. The van der Waals surface area contributed by atoms with Gasteiger partial charge in [-0.25, -0.2) is 4.98 Å². The number of hydrogen-bond acceptors (Lipinski definition) is 6. The van der Waals surface area contributed by atoms with Crippen molar-refractivity contribution in [1.29, 1.82) is 0 Å². The first-order valence-electron chi connectivity index (χ1n) is 13.2. The van der Waals surface area contributed by atoms with E-state index in [2.05, 4.69) is 45.1 Å². The molecule has 0 aliphatic carbocycles. The van der Waals surface area contributed by atoms with Crippen molar-refractivity contribution in [2.24, 2.45) is 7.05 Å². The van der Waals surface area contributed by atoms with E-state index in [1.165, 1.54) is 5.56 Å². The molecule has 0 saturated heterocycles. The molecule has 0 unspecified atom stereocenters. The van der Waals surface area contributed by atoms with Crippen LogP contribution in [0.3, 0.4) is 0 Å². The summed E-state index contributed by atoms with van der Waals surface area (Å²) in [4.78, 5) is 5.07. The average molecular weight is 545 g/mol. The highest BCUT2D eigenvalue weighted by molar-refractivity contribution is 7.98. The molecule has 2 heterocycles. The van der Waals surface area contributed by atoms with Crippen molar-refractivity contribution in [1.82, 2.24) is 19.7 Å². The van der Waals surface area contributed by atoms with Gasteiger partial charge >= 0.3 is 0 Å². The number of benzene rings is 4. The van der Waals surface area contributed by atoms with E-state index in [1.54, 1.807) is 11.8 Å². The van der Waals surface area contributed by atoms with Crippen LogP contribution in [0.5, 0.6) is 17.2 Å². The Hall–Kier alpha value is -4.62. The molecular weight excluding hydrogens is 516 g/mol. The van der Waals surface area contributed by atoms with Gasteiger partial charge in [-0.2, -0.15) is 0 Å². The van der Waals surface area contributed by atoms with Crippen molar-refractivity contribution in [3.05, 3.63) is 115 Å². The minimum Gasteiger partial charge on any atom is -0.493 e. The molecule has 6 nitrogen and oxygen atoms in total. The van der Waals surface area contributed by atoms with E-state index < -0.39 is 0 Å². The number of para-hydroxylation sites is 2. The van der Waals surface area contributed by atoms with Crippen LogP contribution in [0.15, 0.2) is 114 Å². The third kappa shape index (κ3) is 5.42. The Morgan fingerprint density at radius 2 is 1.50 bits per heavy atom. The second kappa shape index (κ2) is 11.6. The third-order valence-electron chi connectivity index (χ3n) is 6.51. The molecule has 40 heavy (non-hydrogen) atoms. The summed E-state index contributed by atoms with van der Waals surface area (Å²) in [5, 5.41) is 11.0. The summed E-state index contributed by atoms with van der Waals surface area (Å²) in [5.74, 6) is 3.86. The Morgan fingerprint density at radius 1 is 0.750 bits per heavy atom. The van der Waals surface area contributed by atoms with Crippen LogP contribution < -0.4 is 9.47 Å². The average Bonchev–Trinajstić information content (AvgIpc) is 3.36. The summed E-state index contributed by atoms with van der Waals surface area (Å²) >= 11 is 1.67. The van der Waals surface area contributed by atoms with E-state index in [4.69, 9.17) is 14.5 Å². The maximum absolute atomic E-state index is 6.14. The second-order valence-corrected chi connectivity index (χ2v) is 10.2. The lowest BCUT2D eigenvalue weighted by molar-refractivity contribution is 0.341. The molecule has 0 saturated carbocycles. The number of hydrogen-bond donors (Lipinski definition) is 0. The summed E-state index contributed by atoms with van der Waals surface area (Å²) in [7, 11) is 2.01. The topological polar surface area (TPSA) is 62.1 Å². The van der Waals surface area contributed by atoms with Gasteiger partial charge in [0.15, 0.2) is 11.0 Å². The van der Waals surface area contributed by atoms with Crippen molar-refractivity contribution >= 4 is 22.7 Å². The molecule has 198 valence electrons. The SMILES string of the molecule is CCOc1ccccc1-c1cc(-c2nnc(SCc3ccccc3)n2C)c2ccc(Oc3ccccc3)cc2n1. The lowest BCUT2D eigenvalue weighted by Gasteiger charge is -2.14. The van der Waals surface area contributed by atoms with Crippen molar-refractivity contribution < 1.29 is 9.47 Å². The Bertz CT molecular complexity index is 1750. The van der Waals surface area contributed by atoms with E-state index in [1.807, 2.05) is 92.8 Å². The Labute approximate surface area is 237 Å². The Balaban J connectivity index is 1.45. The molecule has 0 spiro atoms. The number of pyridine rings is 1. The highest BCUT2D eigenvalue weighted by atomic mass is 32.2. The first-order chi connectivity index (χ1) is 19.7. The molecule has 0 aliphatic rings. The molecule has 0 N–H and O–H groups in total. The van der Waals surface area contributed by atoms with Crippen molar-refractivity contribution in [3.8, 4) is 39.9 Å². The Morgan fingerprint density at radius 3 is 2.30 bits per heavy atom. The lowest BCUT2D eigenvalue weighted by Crippen LogP contribution is -1.99. The van der Waals surface area contributed by atoms with Gasteiger partial charge in [-0.3, -0.25) is 0 Å². The summed E-state index contributed by atoms with van der Waals surface area (Å²) in [6.45, 7) is 2.55. The molecule has 0 fully saturated rings. The van der Waals surface area contributed by atoms with Gasteiger partial charge in [0.2, 0.25) is 0 Å². The highest BCUT2D eigenvalue weighted by Gasteiger charge is 2.18. The predicted octanol–water partition coefficient (Wildman–Crippen LogP) is 8.18. The number of aromatic nitrogens is 4. The zero-order valence-corrected chi connectivity index (χ0v) is 23.1. The van der Waals surface area contributed by atoms with Crippen LogP contribution in [0.1, 0.15) is 12.5 Å². The summed E-state index contributed by atoms with van der Waals surface area (Å²) in [5.41, 5.74) is 4.70. The van der Waals surface area contributed by atoms with Crippen LogP contribution in [0, 0.1) is 0 Å². The maximum Gasteiger partial charge on any atom is 0.191 e. The molecule has 0 radical (unpaired) electrons. The van der Waals surface area contributed by atoms with Gasteiger partial charge in [0.1, 0.15) is 17.2 Å². The highest BCUT2D eigenvalue weighted by Crippen LogP contribution is 2.37. The van der Waals surface area contributed by atoms with Crippen LogP contribution in [0.2, 0.25) is 0 Å². The fourth-order valence-electron chi connectivity index (χ4n) is 4.58. The summed E-state index contributed by atoms with van der Waals surface area (Å²) in [6, 6.07) is 36.2. The van der Waals surface area contributed by atoms with Crippen molar-refractivity contribution in [2.45, 2.75) is 17.8 Å². The predicted molar refractivity (Wildman–Crippen MR) is 161 cm³/mol. The van der Waals surface area contributed by atoms with Crippen molar-refractivity contribution in [2.75, 3.05) is 6.61 Å². The van der Waals surface area contributed by atoms with E-state index in [9.17, 15) is 0 Å². The van der Waals surface area contributed by atoms with Gasteiger partial charge in [-0.1, -0.05) is 72.4 Å². The maximum atomic E-state index is 6.14. The summed E-state index contributed by atoms with van der Waals surface area (Å²) < 4.78 is 14.1. The molecule has 4 aromatic carbocycles. The Kier molecular flexibility index (Phi) is 7.46. The van der Waals surface area contributed by atoms with Gasteiger partial charge in [-0.15, -0.1) is 10.2 Å². The molecular formula is C33H28N4O2S. The fraction of sp³-hybridized carbons (Fsp3) is 0.121. The lowest BCUT2D eigenvalue weighted by atomic mass is 10.0. The zero-order chi connectivity index (χ0) is 27.3. The van der Waals surface area contributed by atoms with Gasteiger partial charge < -0.3 is 14.0 Å². The van der Waals surface area contributed by atoms with E-state index in [0.29, 0.717) is 12.4 Å². The van der Waals surface area contributed by atoms with Gasteiger partial charge in [-0.05, 0) is 55.0 Å². The monoisotopic (exact) mass is 544 g/mol. The van der Waals surface area contributed by atoms with E-state index >= 15 is 0 Å². The second-order valence-electron chi connectivity index (χ2n) is 9.22. The molecule has 6 rings (SSSR count). The standard InChI is InChI=1S/C33H28N4O2S/c1-3-38-31-17-11-10-16-27(31)30-21-28(32-35-36-33(37(32)2)40-22-23-12-6-4-7-13-23)26-19-18-25(20-29(26)34-30)39-24-14-8-5-9-15-24/h4-21H,3,22H2,1-2H3. The van der Waals surface area contributed by atoms with Crippen LogP contribution in [0.25, 0.3) is 33.5 Å². The zero-order valence-electron chi connectivity index (χ0n) is 22.3. The number of fused-ring (bicyclic) bond motifs is 1. The number of ether oxygens (including phenoxy) is 2. The number of rotatable bonds is 9. The number of nitrogens with zero attached hydrogens (tertiary/aromatic N) is 4. The minimum absolute atomic E-state index is 0.567. The van der Waals surface area contributed by atoms with Gasteiger partial charge in [0.25, 0.3) is 0 Å². The van der Waals surface area contributed by atoms with E-state index in [0.717, 1.165) is 56.0 Å². The molecule has 0 atom stereocenters. The van der Waals surface area contributed by atoms with Crippen LogP contribution in [-0.4, -0.2) is 26.4 Å². The normalized spacial score (nSPS) is 11.1. The first-order valence-corrected chi connectivity index (χ1v) is 14.1. The van der Waals surface area contributed by atoms with Gasteiger partial charge in [0, 0.05) is 35.4 Å². The fourth-order valence-corrected chi connectivity index (χ4v) is 5.44. The van der Waals surface area contributed by atoms with Crippen molar-refractivity contribution in [3.63, 3.8) is 0 Å². The first kappa shape index (κ1) is 25.6. The van der Waals surface area contributed by atoms with Crippen LogP contribution >= 0.6 is 11.8 Å². The van der Waals surface area contributed by atoms with E-state index in [-0.39, 0.29) is 0 Å². The molecule has 0 amide bonds. The van der Waals surface area contributed by atoms with Crippen LogP contribution in [0.4, 0.5) is 0 Å². The summed E-state index contributed by atoms with van der Waals surface area (Å²) in [6.07, 6.45) is 0. The molecule has 0 aliphatic heterocycles. The third-order valence-corrected chi connectivity index (χ3v) is 7.60.